The summed E-state index contributed by atoms with van der Waals surface area (Å²) in [6, 6.07) is 0. The first kappa shape index (κ1) is 10.4. The van der Waals surface area contributed by atoms with Gasteiger partial charge in [0, 0.05) is 25.0 Å². The summed E-state index contributed by atoms with van der Waals surface area (Å²) in [5.41, 5.74) is -0.203. The first-order chi connectivity index (χ1) is 6.77. The maximum absolute atomic E-state index is 11.7. The summed E-state index contributed by atoms with van der Waals surface area (Å²) in [6.45, 7) is 1.41. The molecule has 4 heteroatoms. The quantitative estimate of drug-likeness (QED) is 0.563. The van der Waals surface area contributed by atoms with E-state index in [2.05, 4.69) is 15.9 Å². The normalized spacial score (nSPS) is 30.6. The van der Waals surface area contributed by atoms with Crippen LogP contribution in [0.4, 0.5) is 0 Å². The Bertz CT molecular complexity index is 223. The van der Waals surface area contributed by atoms with Gasteiger partial charge in [0.05, 0.1) is 5.41 Å². The molecule has 0 aromatic rings. The van der Waals surface area contributed by atoms with E-state index < -0.39 is 0 Å². The van der Waals surface area contributed by atoms with E-state index in [1.807, 2.05) is 0 Å². The smallest absolute Gasteiger partial charge is 0.312 e. The van der Waals surface area contributed by atoms with Gasteiger partial charge in [0.1, 0.15) is 6.10 Å². The van der Waals surface area contributed by atoms with Crippen molar-refractivity contribution in [3.05, 3.63) is 0 Å². The number of halogens is 1. The highest BCUT2D eigenvalue weighted by Crippen LogP contribution is 2.43. The van der Waals surface area contributed by atoms with Gasteiger partial charge in [-0.2, -0.15) is 0 Å². The average molecular weight is 263 g/mol. The number of carbonyl (C=O) groups excluding carboxylic acids is 1. The number of alkyl halides is 1. The molecule has 1 atom stereocenters. The molecule has 14 heavy (non-hydrogen) atoms. The number of esters is 1. The van der Waals surface area contributed by atoms with Gasteiger partial charge in [0.25, 0.3) is 0 Å². The molecule has 80 valence electrons. The molecule has 2 fully saturated rings. The second-order valence-electron chi connectivity index (χ2n) is 4.10. The Morgan fingerprint density at radius 2 is 2.14 bits per heavy atom. The molecular formula is C10H15BrO3. The summed E-state index contributed by atoms with van der Waals surface area (Å²) in [4.78, 5) is 11.7. The number of cyclic esters (lactones) is 1. The van der Waals surface area contributed by atoms with Gasteiger partial charge in [0.15, 0.2) is 0 Å². The van der Waals surface area contributed by atoms with Crippen LogP contribution in [0, 0.1) is 5.41 Å². The third-order valence-electron chi connectivity index (χ3n) is 3.21. The zero-order valence-corrected chi connectivity index (χ0v) is 9.72. The highest BCUT2D eigenvalue weighted by molar-refractivity contribution is 9.09. The third-order valence-corrected chi connectivity index (χ3v) is 3.66. The summed E-state index contributed by atoms with van der Waals surface area (Å²) in [6.07, 6.45) is 3.62. The van der Waals surface area contributed by atoms with Gasteiger partial charge in [-0.05, 0) is 19.3 Å². The molecule has 2 heterocycles. The molecule has 2 aliphatic rings. The van der Waals surface area contributed by atoms with Crippen molar-refractivity contribution in [2.45, 2.75) is 31.8 Å². The molecule has 1 spiro atoms. The van der Waals surface area contributed by atoms with Gasteiger partial charge < -0.3 is 9.47 Å². The van der Waals surface area contributed by atoms with Crippen molar-refractivity contribution < 1.29 is 14.3 Å². The molecule has 0 radical (unpaired) electrons. The Kier molecular flexibility index (Phi) is 3.12. The Labute approximate surface area is 92.3 Å². The minimum absolute atomic E-state index is 0.00625. The van der Waals surface area contributed by atoms with Crippen molar-refractivity contribution in [2.24, 2.45) is 5.41 Å². The fourth-order valence-corrected chi connectivity index (χ4v) is 2.80. The maximum atomic E-state index is 11.7. The van der Waals surface area contributed by atoms with E-state index in [1.54, 1.807) is 0 Å². The lowest BCUT2D eigenvalue weighted by molar-refractivity contribution is -0.152. The third kappa shape index (κ3) is 1.82. The van der Waals surface area contributed by atoms with E-state index >= 15 is 0 Å². The molecule has 0 aliphatic carbocycles. The van der Waals surface area contributed by atoms with E-state index in [-0.39, 0.29) is 17.5 Å². The van der Waals surface area contributed by atoms with E-state index in [4.69, 9.17) is 9.47 Å². The van der Waals surface area contributed by atoms with Crippen LogP contribution in [0.25, 0.3) is 0 Å². The zero-order chi connectivity index (χ0) is 10.0. The lowest BCUT2D eigenvalue weighted by atomic mass is 9.77. The number of carbonyl (C=O) groups is 1. The minimum atomic E-state index is -0.203. The Morgan fingerprint density at radius 3 is 2.79 bits per heavy atom. The van der Waals surface area contributed by atoms with Gasteiger partial charge in [0.2, 0.25) is 0 Å². The molecule has 0 unspecified atom stereocenters. The summed E-state index contributed by atoms with van der Waals surface area (Å²) < 4.78 is 10.7. The topological polar surface area (TPSA) is 35.5 Å². The molecule has 2 saturated heterocycles. The number of hydrogen-bond acceptors (Lipinski definition) is 3. The minimum Gasteiger partial charge on any atom is -0.462 e. The van der Waals surface area contributed by atoms with Crippen molar-refractivity contribution in [1.82, 2.24) is 0 Å². The van der Waals surface area contributed by atoms with Crippen molar-refractivity contribution in [3.8, 4) is 0 Å². The van der Waals surface area contributed by atoms with Crippen LogP contribution in [0.15, 0.2) is 0 Å². The fraction of sp³-hybridized carbons (Fsp3) is 0.900. The zero-order valence-electron chi connectivity index (χ0n) is 8.13. The van der Waals surface area contributed by atoms with Crippen LogP contribution in [-0.4, -0.2) is 30.6 Å². The largest absolute Gasteiger partial charge is 0.462 e. The summed E-state index contributed by atoms with van der Waals surface area (Å²) in [5, 5.41) is 0.900. The Morgan fingerprint density at radius 1 is 1.43 bits per heavy atom. The molecule has 0 N–H and O–H groups in total. The van der Waals surface area contributed by atoms with Crippen molar-refractivity contribution in [2.75, 3.05) is 18.5 Å². The molecule has 0 bridgehead atoms. The monoisotopic (exact) mass is 262 g/mol. The van der Waals surface area contributed by atoms with Crippen molar-refractivity contribution >= 4 is 21.9 Å². The first-order valence-corrected chi connectivity index (χ1v) is 6.24. The first-order valence-electron chi connectivity index (χ1n) is 5.12. The highest BCUT2D eigenvalue weighted by Gasteiger charge is 2.49. The lowest BCUT2D eigenvalue weighted by Crippen LogP contribution is -2.33. The van der Waals surface area contributed by atoms with Crippen molar-refractivity contribution in [1.29, 1.82) is 0 Å². The van der Waals surface area contributed by atoms with E-state index in [0.717, 1.165) is 31.0 Å². The Balaban J connectivity index is 2.01. The number of hydrogen-bond donors (Lipinski definition) is 0. The van der Waals surface area contributed by atoms with E-state index in [1.165, 1.54) is 0 Å². The lowest BCUT2D eigenvalue weighted by Gasteiger charge is -2.28. The van der Waals surface area contributed by atoms with Crippen LogP contribution in [0.1, 0.15) is 25.7 Å². The van der Waals surface area contributed by atoms with Crippen LogP contribution in [0.5, 0.6) is 0 Å². The molecular weight excluding hydrogens is 248 g/mol. The summed E-state index contributed by atoms with van der Waals surface area (Å²) >= 11 is 3.38. The van der Waals surface area contributed by atoms with E-state index in [9.17, 15) is 4.79 Å². The number of ether oxygens (including phenoxy) is 2. The summed E-state index contributed by atoms with van der Waals surface area (Å²) in [5.74, 6) is 0.00625. The Hall–Kier alpha value is -0.0900. The second kappa shape index (κ2) is 4.19. The van der Waals surface area contributed by atoms with Gasteiger partial charge in [-0.1, -0.05) is 15.9 Å². The number of rotatable bonds is 2. The van der Waals surface area contributed by atoms with Gasteiger partial charge in [-0.3, -0.25) is 4.79 Å². The van der Waals surface area contributed by atoms with Gasteiger partial charge in [-0.25, -0.2) is 0 Å². The van der Waals surface area contributed by atoms with Crippen LogP contribution in [0.2, 0.25) is 0 Å². The fourth-order valence-electron chi connectivity index (χ4n) is 2.29. The van der Waals surface area contributed by atoms with E-state index in [0.29, 0.717) is 13.2 Å². The van der Waals surface area contributed by atoms with Crippen LogP contribution in [0.3, 0.4) is 0 Å². The summed E-state index contributed by atoms with van der Waals surface area (Å²) in [7, 11) is 0. The second-order valence-corrected chi connectivity index (χ2v) is 4.89. The molecule has 0 saturated carbocycles. The molecule has 2 aliphatic heterocycles. The molecule has 2 rings (SSSR count). The predicted octanol–water partition coefficient (Wildman–Crippen LogP) is 1.88. The molecule has 0 aromatic heterocycles. The van der Waals surface area contributed by atoms with Crippen LogP contribution >= 0.6 is 15.9 Å². The van der Waals surface area contributed by atoms with Crippen LogP contribution < -0.4 is 0 Å². The molecule has 0 aromatic carbocycles. The molecule has 3 nitrogen and oxygen atoms in total. The average Bonchev–Trinajstić information content (AvgIpc) is 2.45. The molecule has 0 amide bonds. The van der Waals surface area contributed by atoms with Gasteiger partial charge in [-0.15, -0.1) is 0 Å². The standard InChI is InChI=1S/C10H15BrO3/c11-4-1-8-7-10(9(12)14-8)2-5-13-6-3-10/h8H,1-7H2/t8-/m1/s1. The van der Waals surface area contributed by atoms with Gasteiger partial charge >= 0.3 is 5.97 Å². The SMILES string of the molecule is O=C1O[C@H](CCBr)CC12CCOCC2. The maximum Gasteiger partial charge on any atom is 0.312 e. The highest BCUT2D eigenvalue weighted by atomic mass is 79.9. The predicted molar refractivity (Wildman–Crippen MR) is 55.4 cm³/mol. The van der Waals surface area contributed by atoms with Crippen LogP contribution in [-0.2, 0) is 14.3 Å². The van der Waals surface area contributed by atoms with Crippen molar-refractivity contribution in [3.63, 3.8) is 0 Å².